The quantitative estimate of drug-likeness (QED) is 0.648. The highest BCUT2D eigenvalue weighted by molar-refractivity contribution is 6.30. The predicted octanol–water partition coefficient (Wildman–Crippen LogP) is 4.22. The van der Waals surface area contributed by atoms with E-state index >= 15 is 0 Å². The molecule has 1 heterocycles. The Kier molecular flexibility index (Phi) is 5.51. The maximum atomic E-state index is 14.0. The highest BCUT2D eigenvalue weighted by Crippen LogP contribution is 2.24. The lowest BCUT2D eigenvalue weighted by molar-refractivity contribution is 0.124. The number of nitrogens with one attached hydrogen (secondary N) is 1. The van der Waals surface area contributed by atoms with Gasteiger partial charge in [-0.2, -0.15) is 0 Å². The van der Waals surface area contributed by atoms with Gasteiger partial charge in [-0.15, -0.1) is 0 Å². The molecule has 0 aliphatic carbocycles. The second-order valence-corrected chi connectivity index (χ2v) is 6.16. The van der Waals surface area contributed by atoms with Gasteiger partial charge in [0, 0.05) is 29.7 Å². The van der Waals surface area contributed by atoms with E-state index in [1.807, 2.05) is 48.1 Å². The fourth-order valence-corrected chi connectivity index (χ4v) is 2.86. The number of halogens is 2. The molecule has 126 valence electrons. The van der Waals surface area contributed by atoms with Crippen LogP contribution in [0.1, 0.15) is 11.1 Å². The molecule has 0 bridgehead atoms. The van der Waals surface area contributed by atoms with Gasteiger partial charge in [0.1, 0.15) is 5.82 Å². The Bertz CT molecular complexity index is 814. The fourth-order valence-electron chi connectivity index (χ4n) is 2.73. The number of ether oxygens (including phenoxy) is 1. The molecular weight excluding hydrogens is 327 g/mol. The highest BCUT2D eigenvalue weighted by Gasteiger charge is 2.09. The third-order valence-electron chi connectivity index (χ3n) is 3.96. The Hall–Kier alpha value is -1.88. The van der Waals surface area contributed by atoms with E-state index in [0.717, 1.165) is 28.6 Å². The third-order valence-corrected chi connectivity index (χ3v) is 4.21. The number of fused-ring (bicyclic) bond motifs is 1. The third kappa shape index (κ3) is 3.96. The van der Waals surface area contributed by atoms with Crippen molar-refractivity contribution in [3.05, 3.63) is 70.6 Å². The summed E-state index contributed by atoms with van der Waals surface area (Å²) in [5.74, 6) is -0.245. The second kappa shape index (κ2) is 7.79. The van der Waals surface area contributed by atoms with E-state index in [-0.39, 0.29) is 5.82 Å². The van der Waals surface area contributed by atoms with Gasteiger partial charge in [-0.1, -0.05) is 23.7 Å². The number of hydrogen-bond donors (Lipinski definition) is 1. The summed E-state index contributed by atoms with van der Waals surface area (Å²) in [5.41, 5.74) is 2.86. The van der Waals surface area contributed by atoms with Crippen molar-refractivity contribution >= 4 is 22.5 Å². The van der Waals surface area contributed by atoms with Crippen LogP contribution in [-0.4, -0.2) is 24.8 Å². The number of aromatic nitrogens is 1. The van der Waals surface area contributed by atoms with Gasteiger partial charge in [-0.25, -0.2) is 4.39 Å². The molecule has 0 fully saturated rings. The largest absolute Gasteiger partial charge is 0.375 e. The Morgan fingerprint density at radius 1 is 1.17 bits per heavy atom. The molecule has 0 spiro atoms. The summed E-state index contributed by atoms with van der Waals surface area (Å²) in [5, 5.41) is 4.76. The molecule has 0 saturated heterocycles. The van der Waals surface area contributed by atoms with Gasteiger partial charge in [0.15, 0.2) is 0 Å². The average molecular weight is 347 g/mol. The molecule has 0 amide bonds. The average Bonchev–Trinajstić information content (AvgIpc) is 2.96. The zero-order chi connectivity index (χ0) is 16.9. The Morgan fingerprint density at radius 3 is 2.71 bits per heavy atom. The summed E-state index contributed by atoms with van der Waals surface area (Å²) in [7, 11) is 1.88. The first-order valence-corrected chi connectivity index (χ1v) is 8.29. The lowest BCUT2D eigenvalue weighted by atomic mass is 10.1. The molecule has 0 unspecified atom stereocenters. The monoisotopic (exact) mass is 346 g/mol. The van der Waals surface area contributed by atoms with Gasteiger partial charge < -0.3 is 14.6 Å². The SMILES string of the molecule is CNCCOCc1cc(F)cc2c1ccn2Cc1ccc(Cl)cc1. The summed E-state index contributed by atoms with van der Waals surface area (Å²) in [6, 6.07) is 12.8. The van der Waals surface area contributed by atoms with Crippen molar-refractivity contribution in [3.8, 4) is 0 Å². The van der Waals surface area contributed by atoms with Crippen molar-refractivity contribution in [2.75, 3.05) is 20.2 Å². The van der Waals surface area contributed by atoms with Crippen molar-refractivity contribution < 1.29 is 9.13 Å². The van der Waals surface area contributed by atoms with E-state index in [1.54, 1.807) is 12.1 Å². The van der Waals surface area contributed by atoms with E-state index in [2.05, 4.69) is 5.32 Å². The van der Waals surface area contributed by atoms with Crippen LogP contribution < -0.4 is 5.32 Å². The maximum absolute atomic E-state index is 14.0. The first-order chi connectivity index (χ1) is 11.7. The second-order valence-electron chi connectivity index (χ2n) is 5.72. The molecule has 24 heavy (non-hydrogen) atoms. The minimum absolute atomic E-state index is 0.245. The van der Waals surface area contributed by atoms with Gasteiger partial charge in [-0.05, 0) is 48.5 Å². The molecule has 5 heteroatoms. The Morgan fingerprint density at radius 2 is 1.96 bits per heavy atom. The topological polar surface area (TPSA) is 26.2 Å². The maximum Gasteiger partial charge on any atom is 0.125 e. The summed E-state index contributed by atoms with van der Waals surface area (Å²) < 4.78 is 21.7. The molecular formula is C19H20ClFN2O. The van der Waals surface area contributed by atoms with Crippen molar-refractivity contribution in [3.63, 3.8) is 0 Å². The molecule has 3 aromatic rings. The molecule has 1 aromatic heterocycles. The smallest absolute Gasteiger partial charge is 0.125 e. The minimum atomic E-state index is -0.245. The summed E-state index contributed by atoms with van der Waals surface area (Å²) in [6.07, 6.45) is 1.98. The molecule has 1 N–H and O–H groups in total. The van der Waals surface area contributed by atoms with Gasteiger partial charge in [0.05, 0.1) is 18.7 Å². The van der Waals surface area contributed by atoms with Crippen molar-refractivity contribution in [2.24, 2.45) is 0 Å². The van der Waals surface area contributed by atoms with Crippen LogP contribution in [0.25, 0.3) is 10.9 Å². The van der Waals surface area contributed by atoms with Crippen LogP contribution in [0.4, 0.5) is 4.39 Å². The van der Waals surface area contributed by atoms with Crippen LogP contribution >= 0.6 is 11.6 Å². The lowest BCUT2D eigenvalue weighted by Gasteiger charge is -2.09. The van der Waals surface area contributed by atoms with Gasteiger partial charge in [-0.3, -0.25) is 0 Å². The molecule has 3 rings (SSSR count). The fraction of sp³-hybridized carbons (Fsp3) is 0.263. The molecule has 0 saturated carbocycles. The van der Waals surface area contributed by atoms with Gasteiger partial charge in [0.25, 0.3) is 0 Å². The van der Waals surface area contributed by atoms with E-state index in [0.29, 0.717) is 24.8 Å². The zero-order valence-corrected chi connectivity index (χ0v) is 14.3. The van der Waals surface area contributed by atoms with Crippen molar-refractivity contribution in [2.45, 2.75) is 13.2 Å². The van der Waals surface area contributed by atoms with Gasteiger partial charge >= 0.3 is 0 Å². The number of nitrogens with zero attached hydrogens (tertiary/aromatic N) is 1. The van der Waals surface area contributed by atoms with Gasteiger partial charge in [0.2, 0.25) is 0 Å². The van der Waals surface area contributed by atoms with Crippen LogP contribution in [-0.2, 0) is 17.9 Å². The molecule has 0 radical (unpaired) electrons. The number of hydrogen-bond acceptors (Lipinski definition) is 2. The van der Waals surface area contributed by atoms with E-state index in [9.17, 15) is 4.39 Å². The predicted molar refractivity (Wildman–Crippen MR) is 96.0 cm³/mol. The van der Waals surface area contributed by atoms with Crippen LogP contribution in [0.2, 0.25) is 5.02 Å². The molecule has 0 aliphatic heterocycles. The van der Waals surface area contributed by atoms with Crippen LogP contribution in [0, 0.1) is 5.82 Å². The summed E-state index contributed by atoms with van der Waals surface area (Å²) in [6.45, 7) is 2.45. The number of rotatable bonds is 7. The highest BCUT2D eigenvalue weighted by atomic mass is 35.5. The minimum Gasteiger partial charge on any atom is -0.375 e. The standard InChI is InChI=1S/C19H20ClFN2O/c1-22-7-9-24-13-15-10-17(21)11-19-18(15)6-8-23(19)12-14-2-4-16(20)5-3-14/h2-6,8,10-11,22H,7,9,12-13H2,1H3. The molecule has 0 atom stereocenters. The van der Waals surface area contributed by atoms with Crippen LogP contribution in [0.15, 0.2) is 48.7 Å². The van der Waals surface area contributed by atoms with E-state index in [4.69, 9.17) is 16.3 Å². The lowest BCUT2D eigenvalue weighted by Crippen LogP contribution is -2.14. The van der Waals surface area contributed by atoms with E-state index < -0.39 is 0 Å². The molecule has 2 aromatic carbocycles. The summed E-state index contributed by atoms with van der Waals surface area (Å²) in [4.78, 5) is 0. The Balaban J connectivity index is 1.85. The van der Waals surface area contributed by atoms with Crippen molar-refractivity contribution in [1.29, 1.82) is 0 Å². The van der Waals surface area contributed by atoms with E-state index in [1.165, 1.54) is 0 Å². The summed E-state index contributed by atoms with van der Waals surface area (Å²) >= 11 is 5.93. The first kappa shape index (κ1) is 17.0. The first-order valence-electron chi connectivity index (χ1n) is 7.91. The zero-order valence-electron chi connectivity index (χ0n) is 13.6. The number of likely N-dealkylation sites (N-methyl/N-ethyl adjacent to an activating group) is 1. The number of benzene rings is 2. The van der Waals surface area contributed by atoms with Crippen molar-refractivity contribution in [1.82, 2.24) is 9.88 Å². The molecule has 3 nitrogen and oxygen atoms in total. The normalized spacial score (nSPS) is 11.3. The van der Waals surface area contributed by atoms with Crippen LogP contribution in [0.3, 0.4) is 0 Å². The molecule has 0 aliphatic rings. The van der Waals surface area contributed by atoms with Crippen LogP contribution in [0.5, 0.6) is 0 Å². The Labute approximate surface area is 146 Å².